The van der Waals surface area contributed by atoms with Crippen LogP contribution in [0.25, 0.3) is 0 Å². The van der Waals surface area contributed by atoms with Gasteiger partial charge in [-0.25, -0.2) is 4.79 Å². The maximum Gasteiger partial charge on any atom is 0.319 e. The van der Waals surface area contributed by atoms with Crippen molar-refractivity contribution in [3.8, 4) is 0 Å². The molecule has 2 aromatic rings. The number of nitrogens with two attached hydrogens (primary N) is 1. The lowest BCUT2D eigenvalue weighted by Gasteiger charge is -2.33. The van der Waals surface area contributed by atoms with E-state index in [9.17, 15) is 19.2 Å². The molecule has 1 aromatic heterocycles. The molecule has 11 heteroatoms. The molecule has 2 aliphatic rings. The Balaban J connectivity index is 1.57. The molecule has 10 nitrogen and oxygen atoms in total. The maximum atomic E-state index is 13.7. The number of nitrogens with one attached hydrogen (secondary N) is 2. The average molecular weight is 499 g/mol. The lowest BCUT2D eigenvalue weighted by molar-refractivity contribution is -0.140. The van der Waals surface area contributed by atoms with Gasteiger partial charge in [0.1, 0.15) is 17.8 Å². The summed E-state index contributed by atoms with van der Waals surface area (Å²) >= 11 is 1.56. The van der Waals surface area contributed by atoms with Crippen LogP contribution in [0.15, 0.2) is 47.5 Å². The second-order valence-electron chi connectivity index (χ2n) is 8.77. The molecule has 35 heavy (non-hydrogen) atoms. The van der Waals surface area contributed by atoms with Crippen LogP contribution in [-0.2, 0) is 16.6 Å². The molecule has 0 unspecified atom stereocenters. The Morgan fingerprint density at radius 2 is 1.86 bits per heavy atom. The number of aromatic nitrogens is 1. The third kappa shape index (κ3) is 5.14. The van der Waals surface area contributed by atoms with Gasteiger partial charge in [0, 0.05) is 36.9 Å². The minimum Gasteiger partial charge on any atom is -0.368 e. The summed E-state index contributed by atoms with van der Waals surface area (Å²) in [5.41, 5.74) is 6.61. The van der Waals surface area contributed by atoms with Gasteiger partial charge in [0.2, 0.25) is 11.8 Å². The van der Waals surface area contributed by atoms with Crippen molar-refractivity contribution in [3.05, 3.63) is 48.3 Å². The standard InChI is InChI=1S/C24H30N6O4S/c1-28-11-4-9-19(28)22(32)30-13-10-17(20(30)23(33)29-12-5-8-18(29)21(25)31)27-24(34)26-15-6-3-7-16(14-15)35-2/h3-4,6-7,9,11,14,17-18,20H,5,8,10,12-13H2,1-2H3,(H2,25,31)(H2,26,27,34)/t17-,18+,20-/m0/s1. The highest BCUT2D eigenvalue weighted by molar-refractivity contribution is 7.98. The van der Waals surface area contributed by atoms with Crippen LogP contribution in [0, 0.1) is 0 Å². The molecule has 3 atom stereocenters. The highest BCUT2D eigenvalue weighted by Crippen LogP contribution is 2.27. The fraction of sp³-hybridized carbons (Fsp3) is 0.417. The highest BCUT2D eigenvalue weighted by Gasteiger charge is 2.47. The summed E-state index contributed by atoms with van der Waals surface area (Å²) in [5, 5.41) is 5.70. The number of likely N-dealkylation sites (tertiary alicyclic amines) is 2. The summed E-state index contributed by atoms with van der Waals surface area (Å²) in [5.74, 6) is -1.24. The van der Waals surface area contributed by atoms with Gasteiger partial charge in [-0.15, -0.1) is 11.8 Å². The van der Waals surface area contributed by atoms with E-state index in [1.165, 1.54) is 9.80 Å². The van der Waals surface area contributed by atoms with E-state index in [4.69, 9.17) is 5.73 Å². The van der Waals surface area contributed by atoms with Crippen molar-refractivity contribution >= 4 is 41.2 Å². The number of hydrogen-bond acceptors (Lipinski definition) is 5. The fourth-order valence-corrected chi connectivity index (χ4v) is 5.30. The lowest BCUT2D eigenvalue weighted by atomic mass is 10.1. The number of primary amides is 1. The average Bonchev–Trinajstić information content (AvgIpc) is 3.58. The van der Waals surface area contributed by atoms with E-state index >= 15 is 0 Å². The summed E-state index contributed by atoms with van der Waals surface area (Å²) in [4.78, 5) is 55.8. The first-order valence-corrected chi connectivity index (χ1v) is 12.8. The topological polar surface area (TPSA) is 130 Å². The van der Waals surface area contributed by atoms with E-state index in [1.54, 1.807) is 47.8 Å². The minimum atomic E-state index is -0.944. The van der Waals surface area contributed by atoms with Crippen LogP contribution in [0.4, 0.5) is 10.5 Å². The Morgan fingerprint density at radius 1 is 1.06 bits per heavy atom. The molecule has 4 rings (SSSR count). The summed E-state index contributed by atoms with van der Waals surface area (Å²) in [6.45, 7) is 0.678. The molecule has 0 aliphatic carbocycles. The molecule has 1 aromatic carbocycles. The summed E-state index contributed by atoms with van der Waals surface area (Å²) in [6.07, 6.45) is 5.26. The number of nitrogens with zero attached hydrogens (tertiary/aromatic N) is 3. The number of urea groups is 1. The predicted octanol–water partition coefficient (Wildman–Crippen LogP) is 1.63. The van der Waals surface area contributed by atoms with Crippen molar-refractivity contribution in [2.24, 2.45) is 12.8 Å². The molecule has 0 bridgehead atoms. The number of anilines is 1. The molecular weight excluding hydrogens is 468 g/mol. The maximum absolute atomic E-state index is 13.7. The van der Waals surface area contributed by atoms with Gasteiger partial charge in [0.25, 0.3) is 5.91 Å². The Kier molecular flexibility index (Phi) is 7.34. The van der Waals surface area contributed by atoms with Gasteiger partial charge in [-0.3, -0.25) is 14.4 Å². The third-order valence-corrected chi connectivity index (χ3v) is 7.31. The third-order valence-electron chi connectivity index (χ3n) is 6.58. The molecule has 186 valence electrons. The second kappa shape index (κ2) is 10.4. The molecule has 5 amide bonds. The fourth-order valence-electron chi connectivity index (χ4n) is 4.84. The monoisotopic (exact) mass is 498 g/mol. The zero-order chi connectivity index (χ0) is 25.1. The summed E-state index contributed by atoms with van der Waals surface area (Å²) in [7, 11) is 1.76. The van der Waals surface area contributed by atoms with Gasteiger partial charge in [0.05, 0.1) is 6.04 Å². The number of carbonyl (C=O) groups is 4. The van der Waals surface area contributed by atoms with Crippen LogP contribution in [0.3, 0.4) is 0 Å². The van der Waals surface area contributed by atoms with Gasteiger partial charge in [-0.05, 0) is 55.9 Å². The number of rotatable bonds is 6. The molecule has 3 heterocycles. The van der Waals surface area contributed by atoms with E-state index in [0.717, 1.165) is 4.90 Å². The van der Waals surface area contributed by atoms with E-state index in [2.05, 4.69) is 10.6 Å². The summed E-state index contributed by atoms with van der Waals surface area (Å²) < 4.78 is 1.69. The predicted molar refractivity (Wildman–Crippen MR) is 133 cm³/mol. The van der Waals surface area contributed by atoms with Gasteiger partial charge in [0.15, 0.2) is 0 Å². The van der Waals surface area contributed by atoms with Crippen molar-refractivity contribution in [1.82, 2.24) is 19.7 Å². The second-order valence-corrected chi connectivity index (χ2v) is 9.64. The molecule has 0 spiro atoms. The molecule has 0 saturated carbocycles. The van der Waals surface area contributed by atoms with Crippen LogP contribution in [-0.4, -0.2) is 75.6 Å². The quantitative estimate of drug-likeness (QED) is 0.521. The number of amides is 5. The first-order chi connectivity index (χ1) is 16.8. The number of carbonyl (C=O) groups excluding carboxylic acids is 4. The van der Waals surface area contributed by atoms with Crippen LogP contribution < -0.4 is 16.4 Å². The highest BCUT2D eigenvalue weighted by atomic mass is 32.2. The number of thioether (sulfide) groups is 1. The van der Waals surface area contributed by atoms with Gasteiger partial charge in [-0.2, -0.15) is 0 Å². The van der Waals surface area contributed by atoms with Crippen molar-refractivity contribution in [2.45, 2.75) is 42.3 Å². The molecule has 2 aliphatic heterocycles. The van der Waals surface area contributed by atoms with E-state index in [-0.39, 0.29) is 11.8 Å². The van der Waals surface area contributed by atoms with Gasteiger partial charge >= 0.3 is 6.03 Å². The van der Waals surface area contributed by atoms with E-state index < -0.39 is 30.1 Å². The Labute approximate surface area is 208 Å². The normalized spacial score (nSPS) is 21.7. The Bertz CT molecular complexity index is 1130. The van der Waals surface area contributed by atoms with Gasteiger partial charge in [-0.1, -0.05) is 6.07 Å². The largest absolute Gasteiger partial charge is 0.368 e. The van der Waals surface area contributed by atoms with Crippen LogP contribution >= 0.6 is 11.8 Å². The zero-order valence-electron chi connectivity index (χ0n) is 19.8. The SMILES string of the molecule is CSc1cccc(NC(=O)N[C@H]2CCN(C(=O)c3cccn3C)[C@@H]2C(=O)N2CCC[C@@H]2C(N)=O)c1. The lowest BCUT2D eigenvalue weighted by Crippen LogP contribution is -2.58. The number of benzene rings is 1. The number of aryl methyl sites for hydroxylation is 1. The minimum absolute atomic E-state index is 0.294. The first kappa shape index (κ1) is 24.6. The van der Waals surface area contributed by atoms with Crippen LogP contribution in [0.2, 0.25) is 0 Å². The smallest absolute Gasteiger partial charge is 0.319 e. The number of hydrogen-bond donors (Lipinski definition) is 3. The first-order valence-electron chi connectivity index (χ1n) is 11.5. The Hall–Kier alpha value is -3.47. The van der Waals surface area contributed by atoms with Crippen LogP contribution in [0.5, 0.6) is 0 Å². The van der Waals surface area contributed by atoms with Gasteiger partial charge < -0.3 is 30.7 Å². The molecule has 0 radical (unpaired) electrons. The summed E-state index contributed by atoms with van der Waals surface area (Å²) in [6, 6.07) is 8.14. The van der Waals surface area contributed by atoms with Crippen molar-refractivity contribution < 1.29 is 19.2 Å². The van der Waals surface area contributed by atoms with Crippen molar-refractivity contribution in [3.63, 3.8) is 0 Å². The van der Waals surface area contributed by atoms with Crippen molar-refractivity contribution in [1.29, 1.82) is 0 Å². The molecular formula is C24H30N6O4S. The molecule has 2 saturated heterocycles. The zero-order valence-corrected chi connectivity index (χ0v) is 20.6. The van der Waals surface area contributed by atoms with E-state index in [0.29, 0.717) is 43.7 Å². The van der Waals surface area contributed by atoms with E-state index in [1.807, 2.05) is 24.5 Å². The van der Waals surface area contributed by atoms with Crippen molar-refractivity contribution in [2.75, 3.05) is 24.7 Å². The Morgan fingerprint density at radius 3 is 2.54 bits per heavy atom. The van der Waals surface area contributed by atoms with Crippen LogP contribution in [0.1, 0.15) is 29.8 Å². The molecule has 4 N–H and O–H groups in total. The molecule has 2 fully saturated rings.